The summed E-state index contributed by atoms with van der Waals surface area (Å²) in [5.74, 6) is 0.137. The first-order chi connectivity index (χ1) is 11.8. The standard InChI is InChI=1S/C16H27N3O5S/c1-12-16(13(2)24-18-12)25(21,22)17-9-7-15(20)19(3)10-8-14-6-4-5-11-23-14/h14,17H,4-11H2,1-3H3. The zero-order valence-electron chi connectivity index (χ0n) is 15.1. The summed E-state index contributed by atoms with van der Waals surface area (Å²) < 4.78 is 37.5. The van der Waals surface area contributed by atoms with Crippen molar-refractivity contribution in [1.82, 2.24) is 14.8 Å². The number of amides is 1. The van der Waals surface area contributed by atoms with E-state index in [0.29, 0.717) is 12.2 Å². The third kappa shape index (κ3) is 5.52. The molecule has 25 heavy (non-hydrogen) atoms. The predicted octanol–water partition coefficient (Wildman–Crippen LogP) is 1.38. The van der Waals surface area contributed by atoms with Crippen LogP contribution in [0.25, 0.3) is 0 Å². The van der Waals surface area contributed by atoms with Crippen molar-refractivity contribution >= 4 is 15.9 Å². The number of carbonyl (C=O) groups is 1. The highest BCUT2D eigenvalue weighted by molar-refractivity contribution is 7.89. The van der Waals surface area contributed by atoms with Crippen molar-refractivity contribution in [2.75, 3.05) is 26.7 Å². The molecule has 1 fully saturated rings. The molecule has 0 bridgehead atoms. The lowest BCUT2D eigenvalue weighted by Gasteiger charge is -2.25. The van der Waals surface area contributed by atoms with Crippen LogP contribution in [0.4, 0.5) is 0 Å². The van der Waals surface area contributed by atoms with Crippen molar-refractivity contribution in [2.45, 2.75) is 57.0 Å². The summed E-state index contributed by atoms with van der Waals surface area (Å²) in [4.78, 5) is 13.8. The number of aryl methyl sites for hydroxylation is 2. The van der Waals surface area contributed by atoms with Crippen molar-refractivity contribution in [1.29, 1.82) is 0 Å². The highest BCUT2D eigenvalue weighted by Gasteiger charge is 2.24. The number of carbonyl (C=O) groups excluding carboxylic acids is 1. The molecule has 0 spiro atoms. The van der Waals surface area contributed by atoms with E-state index < -0.39 is 10.0 Å². The van der Waals surface area contributed by atoms with Gasteiger partial charge in [0.2, 0.25) is 15.9 Å². The van der Waals surface area contributed by atoms with E-state index in [1.54, 1.807) is 25.8 Å². The molecule has 2 rings (SSSR count). The minimum absolute atomic E-state index is 0.0372. The fourth-order valence-corrected chi connectivity index (χ4v) is 4.27. The Hall–Kier alpha value is -1.45. The summed E-state index contributed by atoms with van der Waals surface area (Å²) in [6.45, 7) is 4.56. The van der Waals surface area contributed by atoms with Crippen molar-refractivity contribution in [3.63, 3.8) is 0 Å². The van der Waals surface area contributed by atoms with Crippen molar-refractivity contribution in [3.8, 4) is 0 Å². The second-order valence-electron chi connectivity index (χ2n) is 6.39. The fourth-order valence-electron chi connectivity index (χ4n) is 2.91. The molecule has 1 atom stereocenters. The summed E-state index contributed by atoms with van der Waals surface area (Å²) >= 11 is 0. The number of aromatic nitrogens is 1. The highest BCUT2D eigenvalue weighted by atomic mass is 32.2. The molecule has 1 N–H and O–H groups in total. The zero-order chi connectivity index (χ0) is 18.4. The van der Waals surface area contributed by atoms with Crippen molar-refractivity contribution < 1.29 is 22.5 Å². The Labute approximate surface area is 148 Å². The van der Waals surface area contributed by atoms with Gasteiger partial charge in [0, 0.05) is 33.2 Å². The largest absolute Gasteiger partial charge is 0.378 e. The Balaban J connectivity index is 1.75. The molecule has 8 nitrogen and oxygen atoms in total. The molecule has 1 aliphatic rings. The number of nitrogens with one attached hydrogen (secondary N) is 1. The van der Waals surface area contributed by atoms with Gasteiger partial charge in [-0.15, -0.1) is 0 Å². The molecule has 1 aromatic rings. The van der Waals surface area contributed by atoms with Crippen LogP contribution < -0.4 is 4.72 Å². The molecule has 0 radical (unpaired) electrons. The van der Waals surface area contributed by atoms with E-state index in [1.165, 1.54) is 6.42 Å². The van der Waals surface area contributed by atoms with Gasteiger partial charge in [0.15, 0.2) is 5.76 Å². The second kappa shape index (κ2) is 8.77. The van der Waals surface area contributed by atoms with Crippen molar-refractivity contribution in [2.24, 2.45) is 0 Å². The molecular formula is C16H27N3O5S. The quantitative estimate of drug-likeness (QED) is 0.739. The van der Waals surface area contributed by atoms with Gasteiger partial charge in [0.1, 0.15) is 10.6 Å². The van der Waals surface area contributed by atoms with Gasteiger partial charge in [-0.2, -0.15) is 0 Å². The summed E-state index contributed by atoms with van der Waals surface area (Å²) in [5, 5.41) is 3.64. The Morgan fingerprint density at radius 3 is 2.72 bits per heavy atom. The monoisotopic (exact) mass is 373 g/mol. The topological polar surface area (TPSA) is 102 Å². The molecule has 0 aliphatic carbocycles. The maximum atomic E-state index is 12.3. The van der Waals surface area contributed by atoms with E-state index >= 15 is 0 Å². The van der Waals surface area contributed by atoms with Gasteiger partial charge < -0.3 is 14.2 Å². The molecule has 0 aromatic carbocycles. The van der Waals surface area contributed by atoms with Crippen LogP contribution >= 0.6 is 0 Å². The fraction of sp³-hybridized carbons (Fsp3) is 0.750. The minimum atomic E-state index is -3.73. The van der Waals surface area contributed by atoms with Crippen LogP contribution in [0.1, 0.15) is 43.6 Å². The van der Waals surface area contributed by atoms with Crippen molar-refractivity contribution in [3.05, 3.63) is 11.5 Å². The molecule has 9 heteroatoms. The molecular weight excluding hydrogens is 346 g/mol. The van der Waals surface area contributed by atoms with Gasteiger partial charge >= 0.3 is 0 Å². The molecule has 142 valence electrons. The number of ether oxygens (including phenoxy) is 1. The molecule has 0 saturated carbocycles. The normalized spacial score (nSPS) is 18.3. The molecule has 1 unspecified atom stereocenters. The first-order valence-electron chi connectivity index (χ1n) is 8.59. The van der Waals surface area contributed by atoms with E-state index in [4.69, 9.17) is 9.26 Å². The lowest BCUT2D eigenvalue weighted by Crippen LogP contribution is -2.34. The van der Waals surface area contributed by atoms with Crippen LogP contribution in [0, 0.1) is 13.8 Å². The lowest BCUT2D eigenvalue weighted by atomic mass is 10.1. The third-order valence-corrected chi connectivity index (χ3v) is 6.06. The van der Waals surface area contributed by atoms with Crippen LogP contribution in [-0.2, 0) is 19.6 Å². The van der Waals surface area contributed by atoms with Gasteiger partial charge in [-0.3, -0.25) is 4.79 Å². The number of hydrogen-bond donors (Lipinski definition) is 1. The highest BCUT2D eigenvalue weighted by Crippen LogP contribution is 2.18. The van der Waals surface area contributed by atoms with Crippen LogP contribution in [0.2, 0.25) is 0 Å². The Morgan fingerprint density at radius 1 is 1.36 bits per heavy atom. The smallest absolute Gasteiger partial charge is 0.245 e. The maximum absolute atomic E-state index is 12.3. The maximum Gasteiger partial charge on any atom is 0.245 e. The van der Waals surface area contributed by atoms with Crippen LogP contribution in [-0.4, -0.2) is 57.2 Å². The van der Waals surface area contributed by atoms with Crippen LogP contribution in [0.15, 0.2) is 9.42 Å². The summed E-state index contributed by atoms with van der Waals surface area (Å²) in [6, 6.07) is 0. The molecule has 1 saturated heterocycles. The minimum Gasteiger partial charge on any atom is -0.378 e. The second-order valence-corrected chi connectivity index (χ2v) is 8.10. The predicted molar refractivity (Wildman–Crippen MR) is 91.6 cm³/mol. The first kappa shape index (κ1) is 19.9. The number of sulfonamides is 1. The molecule has 1 aliphatic heterocycles. The SMILES string of the molecule is Cc1noc(C)c1S(=O)(=O)NCCC(=O)N(C)CCC1CCCCO1. The Bertz CT molecular complexity index is 660. The summed E-state index contributed by atoms with van der Waals surface area (Å²) in [7, 11) is -2.00. The summed E-state index contributed by atoms with van der Waals surface area (Å²) in [6.07, 6.45) is 4.46. The van der Waals surface area contributed by atoms with Gasteiger partial charge in [-0.1, -0.05) is 5.16 Å². The number of nitrogens with zero attached hydrogens (tertiary/aromatic N) is 2. The number of hydrogen-bond acceptors (Lipinski definition) is 6. The third-order valence-electron chi connectivity index (χ3n) is 4.35. The van der Waals surface area contributed by atoms with E-state index in [-0.39, 0.29) is 35.6 Å². The molecule has 2 heterocycles. The van der Waals surface area contributed by atoms with Gasteiger partial charge in [-0.05, 0) is 39.5 Å². The van der Waals surface area contributed by atoms with Crippen LogP contribution in [0.5, 0.6) is 0 Å². The van der Waals surface area contributed by atoms with E-state index in [2.05, 4.69) is 9.88 Å². The Morgan fingerprint density at radius 2 is 2.12 bits per heavy atom. The molecule has 1 aromatic heterocycles. The van der Waals surface area contributed by atoms with E-state index in [9.17, 15) is 13.2 Å². The zero-order valence-corrected chi connectivity index (χ0v) is 15.9. The average molecular weight is 373 g/mol. The molecule has 1 amide bonds. The summed E-state index contributed by atoms with van der Waals surface area (Å²) in [5.41, 5.74) is 0.306. The van der Waals surface area contributed by atoms with Gasteiger partial charge in [0.25, 0.3) is 0 Å². The lowest BCUT2D eigenvalue weighted by molar-refractivity contribution is -0.130. The van der Waals surface area contributed by atoms with E-state index in [1.807, 2.05) is 0 Å². The van der Waals surface area contributed by atoms with E-state index in [0.717, 1.165) is 25.9 Å². The Kier molecular flexibility index (Phi) is 6.97. The average Bonchev–Trinajstić information content (AvgIpc) is 2.92. The van der Waals surface area contributed by atoms with Gasteiger partial charge in [0.05, 0.1) is 6.10 Å². The van der Waals surface area contributed by atoms with Gasteiger partial charge in [-0.25, -0.2) is 13.1 Å². The number of rotatable bonds is 8. The first-order valence-corrected chi connectivity index (χ1v) is 10.1. The van der Waals surface area contributed by atoms with Crippen LogP contribution in [0.3, 0.4) is 0 Å².